The van der Waals surface area contributed by atoms with Gasteiger partial charge in [0.05, 0.1) is 5.02 Å². The van der Waals surface area contributed by atoms with Crippen molar-refractivity contribution in [2.75, 3.05) is 12.3 Å². The molecule has 0 saturated carbocycles. The number of sulfonamides is 1. The molecule has 4 N–H and O–H groups in total. The molecule has 1 amide bonds. The average Bonchev–Trinajstić information content (AvgIpc) is 2.30. The molecule has 1 aromatic carbocycles. The van der Waals surface area contributed by atoms with Crippen LogP contribution in [0.15, 0.2) is 23.1 Å². The first-order valence-corrected chi connectivity index (χ1v) is 7.92. The third kappa shape index (κ3) is 4.99. The van der Waals surface area contributed by atoms with Crippen LogP contribution in [0.5, 0.6) is 0 Å². The number of anilines is 1. The van der Waals surface area contributed by atoms with Crippen molar-refractivity contribution in [1.29, 1.82) is 0 Å². The van der Waals surface area contributed by atoms with Crippen LogP contribution in [0, 0.1) is 0 Å². The summed E-state index contributed by atoms with van der Waals surface area (Å²) < 4.78 is 26.4. The Balaban J connectivity index is 2.67. The molecule has 0 unspecified atom stereocenters. The van der Waals surface area contributed by atoms with E-state index in [1.807, 2.05) is 13.8 Å². The summed E-state index contributed by atoms with van der Waals surface area (Å²) in [7, 11) is -3.78. The first-order chi connectivity index (χ1) is 9.22. The van der Waals surface area contributed by atoms with E-state index >= 15 is 0 Å². The number of nitrogens with one attached hydrogen (secondary N) is 2. The minimum Gasteiger partial charge on any atom is -0.399 e. The number of nitrogens with two attached hydrogens (primary N) is 1. The summed E-state index contributed by atoms with van der Waals surface area (Å²) in [6.07, 6.45) is 0.0529. The smallest absolute Gasteiger partial charge is 0.242 e. The summed E-state index contributed by atoms with van der Waals surface area (Å²) >= 11 is 5.84. The van der Waals surface area contributed by atoms with Crippen molar-refractivity contribution in [2.45, 2.75) is 31.2 Å². The van der Waals surface area contributed by atoms with Gasteiger partial charge in [0.15, 0.2) is 0 Å². The zero-order chi connectivity index (χ0) is 15.3. The van der Waals surface area contributed by atoms with E-state index in [1.54, 1.807) is 0 Å². The van der Waals surface area contributed by atoms with Crippen LogP contribution < -0.4 is 15.8 Å². The van der Waals surface area contributed by atoms with Gasteiger partial charge < -0.3 is 11.1 Å². The van der Waals surface area contributed by atoms with Crippen LogP contribution in [0.2, 0.25) is 5.02 Å². The van der Waals surface area contributed by atoms with Crippen LogP contribution in [-0.4, -0.2) is 26.9 Å². The van der Waals surface area contributed by atoms with Gasteiger partial charge in [-0.25, -0.2) is 13.1 Å². The van der Waals surface area contributed by atoms with Crippen molar-refractivity contribution in [3.05, 3.63) is 23.2 Å². The molecule has 0 aliphatic heterocycles. The number of nitrogen functional groups attached to an aromatic ring is 1. The van der Waals surface area contributed by atoms with Gasteiger partial charge >= 0.3 is 0 Å². The van der Waals surface area contributed by atoms with E-state index in [0.29, 0.717) is 5.69 Å². The van der Waals surface area contributed by atoms with Crippen LogP contribution >= 0.6 is 11.6 Å². The van der Waals surface area contributed by atoms with E-state index in [0.717, 1.165) is 0 Å². The lowest BCUT2D eigenvalue weighted by Gasteiger charge is -2.10. The summed E-state index contributed by atoms with van der Waals surface area (Å²) in [5, 5.41) is 2.75. The first-order valence-electron chi connectivity index (χ1n) is 6.06. The minimum atomic E-state index is -3.78. The van der Waals surface area contributed by atoms with Crippen molar-refractivity contribution >= 4 is 33.2 Å². The van der Waals surface area contributed by atoms with Gasteiger partial charge in [0.2, 0.25) is 15.9 Å². The molecule has 6 nitrogen and oxygen atoms in total. The van der Waals surface area contributed by atoms with Gasteiger partial charge in [0.25, 0.3) is 0 Å². The molecular formula is C12H18ClN3O3S. The zero-order valence-electron chi connectivity index (χ0n) is 11.3. The van der Waals surface area contributed by atoms with Crippen molar-refractivity contribution in [3.8, 4) is 0 Å². The third-order valence-electron chi connectivity index (χ3n) is 2.34. The highest BCUT2D eigenvalue weighted by atomic mass is 35.5. The van der Waals surface area contributed by atoms with Crippen LogP contribution in [-0.2, 0) is 14.8 Å². The van der Waals surface area contributed by atoms with Gasteiger partial charge in [0, 0.05) is 24.7 Å². The first kappa shape index (κ1) is 16.7. The number of hydrogen-bond acceptors (Lipinski definition) is 4. The fourth-order valence-electron chi connectivity index (χ4n) is 1.50. The number of carbonyl (C=O) groups excluding carboxylic acids is 1. The summed E-state index contributed by atoms with van der Waals surface area (Å²) in [6.45, 7) is 3.65. The molecule has 0 heterocycles. The van der Waals surface area contributed by atoms with E-state index in [1.165, 1.54) is 18.2 Å². The lowest BCUT2D eigenvalue weighted by molar-refractivity contribution is -0.121. The fourth-order valence-corrected chi connectivity index (χ4v) is 3.06. The molecule has 0 atom stereocenters. The van der Waals surface area contributed by atoms with Crippen molar-refractivity contribution in [3.63, 3.8) is 0 Å². The molecule has 20 heavy (non-hydrogen) atoms. The molecule has 0 aliphatic carbocycles. The van der Waals surface area contributed by atoms with Crippen LogP contribution in [0.3, 0.4) is 0 Å². The predicted molar refractivity (Wildman–Crippen MR) is 78.9 cm³/mol. The number of rotatable bonds is 6. The topological polar surface area (TPSA) is 101 Å². The SMILES string of the molecule is CC(C)NC(=O)CCNS(=O)(=O)c1cc(N)ccc1Cl. The molecule has 0 fully saturated rings. The second kappa shape index (κ2) is 6.92. The Morgan fingerprint density at radius 3 is 2.65 bits per heavy atom. The maximum absolute atomic E-state index is 12.0. The number of hydrogen-bond donors (Lipinski definition) is 3. The van der Waals surface area contributed by atoms with E-state index in [4.69, 9.17) is 17.3 Å². The van der Waals surface area contributed by atoms with Crippen LogP contribution in [0.1, 0.15) is 20.3 Å². The standard InChI is InChI=1S/C12H18ClN3O3S/c1-8(2)16-12(17)5-6-15-20(18,19)11-7-9(14)3-4-10(11)13/h3-4,7-8,15H,5-6,14H2,1-2H3,(H,16,17). The van der Waals surface area contributed by atoms with Gasteiger partial charge in [-0.2, -0.15) is 0 Å². The fraction of sp³-hybridized carbons (Fsp3) is 0.417. The molecule has 0 bridgehead atoms. The quantitative estimate of drug-likeness (QED) is 0.684. The van der Waals surface area contributed by atoms with Crippen molar-refractivity contribution in [1.82, 2.24) is 10.0 Å². The second-order valence-electron chi connectivity index (χ2n) is 4.56. The van der Waals surface area contributed by atoms with Gasteiger partial charge in [0.1, 0.15) is 4.90 Å². The average molecular weight is 320 g/mol. The Labute approximate surface area is 123 Å². The van der Waals surface area contributed by atoms with Gasteiger partial charge in [-0.3, -0.25) is 4.79 Å². The van der Waals surface area contributed by atoms with Gasteiger partial charge in [-0.05, 0) is 32.0 Å². The monoisotopic (exact) mass is 319 g/mol. The maximum atomic E-state index is 12.0. The predicted octanol–water partition coefficient (Wildman–Crippen LogP) is 1.12. The summed E-state index contributed by atoms with van der Waals surface area (Å²) in [6, 6.07) is 4.22. The highest BCUT2D eigenvalue weighted by Crippen LogP contribution is 2.23. The Hall–Kier alpha value is -1.31. The number of carbonyl (C=O) groups is 1. The highest BCUT2D eigenvalue weighted by Gasteiger charge is 2.18. The van der Waals surface area contributed by atoms with Gasteiger partial charge in [-0.15, -0.1) is 0 Å². The molecule has 0 aliphatic rings. The highest BCUT2D eigenvalue weighted by molar-refractivity contribution is 7.89. The minimum absolute atomic E-state index is 0.00792. The largest absolute Gasteiger partial charge is 0.399 e. The molecule has 0 spiro atoms. The van der Waals surface area contributed by atoms with Crippen molar-refractivity contribution in [2.24, 2.45) is 0 Å². The normalized spacial score (nSPS) is 11.6. The molecule has 112 valence electrons. The summed E-state index contributed by atoms with van der Waals surface area (Å²) in [4.78, 5) is 11.3. The molecule has 0 saturated heterocycles. The third-order valence-corrected chi connectivity index (χ3v) is 4.28. The van der Waals surface area contributed by atoms with Gasteiger partial charge in [-0.1, -0.05) is 11.6 Å². The van der Waals surface area contributed by atoms with Crippen molar-refractivity contribution < 1.29 is 13.2 Å². The Morgan fingerprint density at radius 2 is 2.05 bits per heavy atom. The van der Waals surface area contributed by atoms with E-state index in [9.17, 15) is 13.2 Å². The molecule has 1 rings (SSSR count). The number of benzene rings is 1. The molecule has 1 aromatic rings. The molecule has 8 heteroatoms. The lowest BCUT2D eigenvalue weighted by atomic mass is 10.3. The zero-order valence-corrected chi connectivity index (χ0v) is 12.9. The Bertz CT molecular complexity index is 588. The summed E-state index contributed by atoms with van der Waals surface area (Å²) in [5.41, 5.74) is 5.84. The maximum Gasteiger partial charge on any atom is 0.242 e. The lowest BCUT2D eigenvalue weighted by Crippen LogP contribution is -2.34. The number of halogens is 1. The van der Waals surface area contributed by atoms with E-state index < -0.39 is 10.0 Å². The molecule has 0 aromatic heterocycles. The van der Waals surface area contributed by atoms with Crippen LogP contribution in [0.25, 0.3) is 0 Å². The molecular weight excluding hydrogens is 302 g/mol. The molecule has 0 radical (unpaired) electrons. The number of amides is 1. The second-order valence-corrected chi connectivity index (χ2v) is 6.70. The van der Waals surface area contributed by atoms with E-state index in [-0.39, 0.29) is 34.8 Å². The summed E-state index contributed by atoms with van der Waals surface area (Å²) in [5.74, 6) is -0.221. The Morgan fingerprint density at radius 1 is 1.40 bits per heavy atom. The van der Waals surface area contributed by atoms with Crippen LogP contribution in [0.4, 0.5) is 5.69 Å². The Kier molecular flexibility index (Phi) is 5.79. The van der Waals surface area contributed by atoms with E-state index in [2.05, 4.69) is 10.0 Å².